The molecule has 0 aromatic rings. The van der Waals surface area contributed by atoms with E-state index >= 15 is 0 Å². The van der Waals surface area contributed by atoms with Gasteiger partial charge in [-0.1, -0.05) is 11.8 Å². The van der Waals surface area contributed by atoms with Crippen LogP contribution in [0.5, 0.6) is 0 Å². The molecular formula is C7H6N2O2S. The normalized spacial score (nSPS) is 22.3. The molecule has 2 rings (SSSR count). The molecule has 0 N–H and O–H groups in total. The van der Waals surface area contributed by atoms with Crippen molar-refractivity contribution in [1.29, 1.82) is 0 Å². The zero-order chi connectivity index (χ0) is 8.55. The molecule has 2 amide bonds. The lowest BCUT2D eigenvalue weighted by molar-refractivity contribution is -0.131. The van der Waals surface area contributed by atoms with Crippen molar-refractivity contribution < 1.29 is 9.59 Å². The lowest BCUT2D eigenvalue weighted by Gasteiger charge is -2.11. The van der Waals surface area contributed by atoms with Crippen LogP contribution in [0.3, 0.4) is 0 Å². The molecule has 5 heteroatoms. The molecule has 0 aromatic carbocycles. The Kier molecular flexibility index (Phi) is 1.73. The van der Waals surface area contributed by atoms with Crippen molar-refractivity contribution in [2.75, 3.05) is 12.3 Å². The smallest absolute Gasteiger partial charge is 0.259 e. The summed E-state index contributed by atoms with van der Waals surface area (Å²) in [6.07, 6.45) is 2.54. The number of amidine groups is 1. The van der Waals surface area contributed by atoms with Gasteiger partial charge in [-0.3, -0.25) is 14.6 Å². The Balaban J connectivity index is 2.23. The van der Waals surface area contributed by atoms with E-state index in [4.69, 9.17) is 0 Å². The van der Waals surface area contributed by atoms with E-state index in [0.29, 0.717) is 11.7 Å². The van der Waals surface area contributed by atoms with Gasteiger partial charge in [0.25, 0.3) is 11.8 Å². The number of aliphatic imine (C=N–C) groups is 1. The molecule has 0 radical (unpaired) electrons. The van der Waals surface area contributed by atoms with Crippen molar-refractivity contribution in [3.8, 4) is 0 Å². The SMILES string of the molecule is O=C1C=CC(=O)N1C1=NCCS1. The Bertz CT molecular complexity index is 291. The largest absolute Gasteiger partial charge is 0.269 e. The van der Waals surface area contributed by atoms with Gasteiger partial charge in [0.15, 0.2) is 5.17 Å². The van der Waals surface area contributed by atoms with E-state index in [1.165, 1.54) is 23.9 Å². The average molecular weight is 182 g/mol. The van der Waals surface area contributed by atoms with E-state index in [9.17, 15) is 9.59 Å². The molecule has 0 bridgehead atoms. The number of imide groups is 1. The van der Waals surface area contributed by atoms with Crippen molar-refractivity contribution in [3.05, 3.63) is 12.2 Å². The van der Waals surface area contributed by atoms with Gasteiger partial charge >= 0.3 is 0 Å². The molecule has 0 spiro atoms. The molecule has 4 nitrogen and oxygen atoms in total. The van der Waals surface area contributed by atoms with Crippen LogP contribution in [-0.4, -0.2) is 34.2 Å². The number of carbonyl (C=O) groups excluding carboxylic acids is 2. The monoisotopic (exact) mass is 182 g/mol. The van der Waals surface area contributed by atoms with Crippen LogP contribution < -0.4 is 0 Å². The second-order valence-corrected chi connectivity index (χ2v) is 3.42. The fourth-order valence-electron chi connectivity index (χ4n) is 1.05. The molecule has 2 aliphatic rings. The lowest BCUT2D eigenvalue weighted by Crippen LogP contribution is -2.33. The predicted octanol–water partition coefficient (Wildman–Crippen LogP) is 0.0142. The fraction of sp³-hybridized carbons (Fsp3) is 0.286. The Labute approximate surface area is 73.3 Å². The zero-order valence-corrected chi connectivity index (χ0v) is 7.00. The Morgan fingerprint density at radius 3 is 2.50 bits per heavy atom. The van der Waals surface area contributed by atoms with Gasteiger partial charge in [0.1, 0.15) is 0 Å². The number of carbonyl (C=O) groups is 2. The van der Waals surface area contributed by atoms with Gasteiger partial charge in [0.05, 0.1) is 6.54 Å². The third-order valence-corrected chi connectivity index (χ3v) is 2.53. The summed E-state index contributed by atoms with van der Waals surface area (Å²) in [4.78, 5) is 27.3. The van der Waals surface area contributed by atoms with Gasteiger partial charge < -0.3 is 0 Å². The first-order chi connectivity index (χ1) is 5.79. The van der Waals surface area contributed by atoms with Crippen LogP contribution in [0.4, 0.5) is 0 Å². The minimum Gasteiger partial charge on any atom is -0.269 e. The molecule has 0 atom stereocenters. The van der Waals surface area contributed by atoms with Crippen molar-refractivity contribution in [2.45, 2.75) is 0 Å². The summed E-state index contributed by atoms with van der Waals surface area (Å²) < 4.78 is 0. The van der Waals surface area contributed by atoms with E-state index in [2.05, 4.69) is 4.99 Å². The molecule has 0 saturated heterocycles. The van der Waals surface area contributed by atoms with Crippen molar-refractivity contribution in [1.82, 2.24) is 4.90 Å². The molecule has 0 saturated carbocycles. The summed E-state index contributed by atoms with van der Waals surface area (Å²) in [6.45, 7) is 0.692. The van der Waals surface area contributed by atoms with E-state index in [1.807, 2.05) is 0 Å². The Morgan fingerprint density at radius 2 is 2.00 bits per heavy atom. The summed E-state index contributed by atoms with van der Waals surface area (Å²) >= 11 is 1.44. The average Bonchev–Trinajstić information content (AvgIpc) is 2.61. The van der Waals surface area contributed by atoms with Gasteiger partial charge in [-0.25, -0.2) is 4.90 Å². The van der Waals surface area contributed by atoms with Gasteiger partial charge in [-0.05, 0) is 0 Å². The van der Waals surface area contributed by atoms with Crippen molar-refractivity contribution in [3.63, 3.8) is 0 Å². The summed E-state index contributed by atoms with van der Waals surface area (Å²) in [7, 11) is 0. The van der Waals surface area contributed by atoms with E-state index in [1.54, 1.807) is 0 Å². The molecule has 0 aromatic heterocycles. The van der Waals surface area contributed by atoms with E-state index in [-0.39, 0.29) is 11.8 Å². The maximum Gasteiger partial charge on any atom is 0.259 e. The molecular weight excluding hydrogens is 176 g/mol. The lowest BCUT2D eigenvalue weighted by atomic mass is 10.6. The Hall–Kier alpha value is -1.10. The zero-order valence-electron chi connectivity index (χ0n) is 6.19. The van der Waals surface area contributed by atoms with Crippen LogP contribution in [-0.2, 0) is 9.59 Å². The van der Waals surface area contributed by atoms with Gasteiger partial charge in [-0.15, -0.1) is 0 Å². The van der Waals surface area contributed by atoms with E-state index in [0.717, 1.165) is 10.7 Å². The second-order valence-electron chi connectivity index (χ2n) is 2.36. The summed E-state index contributed by atoms with van der Waals surface area (Å²) in [6, 6.07) is 0. The third-order valence-electron chi connectivity index (χ3n) is 1.57. The van der Waals surface area contributed by atoms with Crippen LogP contribution in [0.15, 0.2) is 17.1 Å². The third kappa shape index (κ3) is 1.06. The highest BCUT2D eigenvalue weighted by atomic mass is 32.2. The summed E-state index contributed by atoms with van der Waals surface area (Å²) in [5, 5.41) is 0.537. The van der Waals surface area contributed by atoms with Crippen molar-refractivity contribution >= 4 is 28.7 Å². The van der Waals surface area contributed by atoms with Gasteiger partial charge in [0, 0.05) is 17.9 Å². The minimum absolute atomic E-state index is 0.284. The maximum atomic E-state index is 11.1. The number of nitrogens with zero attached hydrogens (tertiary/aromatic N) is 2. The topological polar surface area (TPSA) is 49.7 Å². The van der Waals surface area contributed by atoms with Crippen LogP contribution >= 0.6 is 11.8 Å². The predicted molar refractivity (Wildman–Crippen MR) is 45.8 cm³/mol. The molecule has 0 unspecified atom stereocenters. The van der Waals surface area contributed by atoms with Crippen LogP contribution in [0, 0.1) is 0 Å². The highest BCUT2D eigenvalue weighted by Gasteiger charge is 2.29. The first-order valence-corrected chi connectivity index (χ1v) is 4.51. The number of hydrogen-bond donors (Lipinski definition) is 0. The molecule has 2 heterocycles. The number of rotatable bonds is 0. The molecule has 62 valence electrons. The van der Waals surface area contributed by atoms with Crippen LogP contribution in [0.2, 0.25) is 0 Å². The molecule has 0 aliphatic carbocycles. The van der Waals surface area contributed by atoms with Gasteiger partial charge in [-0.2, -0.15) is 0 Å². The maximum absolute atomic E-state index is 11.1. The van der Waals surface area contributed by atoms with E-state index < -0.39 is 0 Å². The highest BCUT2D eigenvalue weighted by molar-refractivity contribution is 8.14. The molecule has 12 heavy (non-hydrogen) atoms. The number of hydrogen-bond acceptors (Lipinski definition) is 4. The van der Waals surface area contributed by atoms with Crippen molar-refractivity contribution in [2.24, 2.45) is 4.99 Å². The summed E-state index contributed by atoms with van der Waals surface area (Å²) in [5.41, 5.74) is 0. The first kappa shape index (κ1) is 7.54. The van der Waals surface area contributed by atoms with Gasteiger partial charge in [0.2, 0.25) is 0 Å². The molecule has 2 aliphatic heterocycles. The quantitative estimate of drug-likeness (QED) is 0.496. The van der Waals surface area contributed by atoms with Crippen LogP contribution in [0.25, 0.3) is 0 Å². The first-order valence-electron chi connectivity index (χ1n) is 3.52. The molecule has 0 fully saturated rings. The number of amides is 2. The Morgan fingerprint density at radius 1 is 1.33 bits per heavy atom. The second kappa shape index (κ2) is 2.75. The summed E-state index contributed by atoms with van der Waals surface area (Å²) in [5.74, 6) is 0.285. The van der Waals surface area contributed by atoms with Crippen LogP contribution in [0.1, 0.15) is 0 Å². The highest BCUT2D eigenvalue weighted by Crippen LogP contribution is 2.18. The number of thioether (sulfide) groups is 1. The standard InChI is InChI=1S/C7H6N2O2S/c10-5-1-2-6(11)9(5)7-8-3-4-12-7/h1-2H,3-4H2. The minimum atomic E-state index is -0.284. The fourth-order valence-corrected chi connectivity index (χ4v) is 1.90.